The molecule has 2 aromatic heterocycles. The molecule has 3 heterocycles. The van der Waals surface area contributed by atoms with Crippen molar-refractivity contribution in [1.29, 1.82) is 0 Å². The number of likely N-dealkylation sites (N-methyl/N-ethyl adjacent to an activating group) is 1. The van der Waals surface area contributed by atoms with E-state index in [-0.39, 0.29) is 17.6 Å². The summed E-state index contributed by atoms with van der Waals surface area (Å²) in [6.07, 6.45) is 7.45. The molecule has 1 aliphatic heterocycles. The molecule has 0 spiro atoms. The first kappa shape index (κ1) is 20.1. The SMILES string of the molecule is CN(C)CCn1nc2n(c1=O)CCC(NC(=O)c1ccc(-n3ccnc3)cc1)CC2. The van der Waals surface area contributed by atoms with Gasteiger partial charge in [0.25, 0.3) is 5.91 Å². The standard InChI is InChI=1S/C21H27N7O2/c1-25(2)13-14-28-21(30)27-11-9-17(5-8-19(27)24-28)23-20(29)16-3-6-18(7-4-16)26-12-10-22-15-26/h3-4,6-7,10,12,15,17H,5,8-9,11,13-14H2,1-2H3,(H,23,29). The summed E-state index contributed by atoms with van der Waals surface area (Å²) in [4.78, 5) is 31.4. The molecule has 3 aromatic rings. The lowest BCUT2D eigenvalue weighted by atomic mass is 10.1. The number of hydrogen-bond acceptors (Lipinski definition) is 5. The molecule has 1 amide bonds. The van der Waals surface area contributed by atoms with Crippen LogP contribution in [0.2, 0.25) is 0 Å². The van der Waals surface area contributed by atoms with Crippen molar-refractivity contribution in [3.63, 3.8) is 0 Å². The summed E-state index contributed by atoms with van der Waals surface area (Å²) in [6.45, 7) is 1.93. The average molecular weight is 409 g/mol. The second-order valence-electron chi connectivity index (χ2n) is 7.89. The van der Waals surface area contributed by atoms with E-state index in [1.54, 1.807) is 21.8 Å². The number of aromatic nitrogens is 5. The zero-order valence-corrected chi connectivity index (χ0v) is 17.4. The summed E-state index contributed by atoms with van der Waals surface area (Å²) in [5.74, 6) is 0.709. The van der Waals surface area contributed by atoms with Crippen LogP contribution >= 0.6 is 0 Å². The van der Waals surface area contributed by atoms with Gasteiger partial charge in [-0.2, -0.15) is 5.10 Å². The first-order chi connectivity index (χ1) is 14.5. The monoisotopic (exact) mass is 409 g/mol. The molecule has 0 aliphatic carbocycles. The summed E-state index contributed by atoms with van der Waals surface area (Å²) in [7, 11) is 3.95. The van der Waals surface area contributed by atoms with Crippen molar-refractivity contribution in [1.82, 2.24) is 34.1 Å². The highest BCUT2D eigenvalue weighted by Crippen LogP contribution is 2.14. The van der Waals surface area contributed by atoms with Crippen molar-refractivity contribution in [3.05, 3.63) is 64.9 Å². The highest BCUT2D eigenvalue weighted by Gasteiger charge is 2.22. The van der Waals surface area contributed by atoms with Gasteiger partial charge in [0.2, 0.25) is 0 Å². The van der Waals surface area contributed by atoms with Crippen LogP contribution in [0.4, 0.5) is 0 Å². The Balaban J connectivity index is 1.37. The number of carbonyl (C=O) groups is 1. The first-order valence-corrected chi connectivity index (χ1v) is 10.2. The van der Waals surface area contributed by atoms with E-state index in [0.29, 0.717) is 31.5 Å². The third-order valence-corrected chi connectivity index (χ3v) is 5.44. The van der Waals surface area contributed by atoms with E-state index in [1.807, 2.05) is 54.0 Å². The summed E-state index contributed by atoms with van der Waals surface area (Å²) in [6, 6.07) is 7.44. The zero-order chi connectivity index (χ0) is 21.1. The van der Waals surface area contributed by atoms with E-state index in [1.165, 1.54) is 0 Å². The number of fused-ring (bicyclic) bond motifs is 1. The van der Waals surface area contributed by atoms with Crippen molar-refractivity contribution in [3.8, 4) is 5.69 Å². The van der Waals surface area contributed by atoms with Crippen molar-refractivity contribution in [2.45, 2.75) is 38.4 Å². The van der Waals surface area contributed by atoms with Gasteiger partial charge in [-0.25, -0.2) is 14.5 Å². The lowest BCUT2D eigenvalue weighted by Crippen LogP contribution is -2.36. The summed E-state index contributed by atoms with van der Waals surface area (Å²) >= 11 is 0. The average Bonchev–Trinajstić information content (AvgIpc) is 3.32. The highest BCUT2D eigenvalue weighted by molar-refractivity contribution is 5.94. The molecule has 1 atom stereocenters. The Labute approximate surface area is 174 Å². The molecular weight excluding hydrogens is 382 g/mol. The summed E-state index contributed by atoms with van der Waals surface area (Å²) in [5.41, 5.74) is 1.51. The van der Waals surface area contributed by atoms with E-state index >= 15 is 0 Å². The molecule has 1 aliphatic rings. The maximum absolute atomic E-state index is 12.7. The molecule has 0 bridgehead atoms. The normalized spacial score (nSPS) is 16.3. The Morgan fingerprint density at radius 1 is 1.23 bits per heavy atom. The number of imidazole rings is 1. The highest BCUT2D eigenvalue weighted by atomic mass is 16.2. The number of carbonyl (C=O) groups excluding carboxylic acids is 1. The second kappa shape index (κ2) is 8.66. The van der Waals surface area contributed by atoms with E-state index in [0.717, 1.165) is 24.5 Å². The van der Waals surface area contributed by atoms with Gasteiger partial charge in [-0.15, -0.1) is 0 Å². The quantitative estimate of drug-likeness (QED) is 0.654. The van der Waals surface area contributed by atoms with Gasteiger partial charge in [0.15, 0.2) is 0 Å². The second-order valence-corrected chi connectivity index (χ2v) is 7.89. The maximum atomic E-state index is 12.7. The van der Waals surface area contributed by atoms with E-state index in [4.69, 9.17) is 0 Å². The molecule has 4 rings (SSSR count). The predicted molar refractivity (Wildman–Crippen MR) is 113 cm³/mol. The first-order valence-electron chi connectivity index (χ1n) is 10.2. The molecule has 0 saturated carbocycles. The van der Waals surface area contributed by atoms with E-state index in [2.05, 4.69) is 15.4 Å². The molecule has 1 unspecified atom stereocenters. The molecule has 1 aromatic carbocycles. The van der Waals surface area contributed by atoms with Gasteiger partial charge in [0, 0.05) is 49.2 Å². The topological polar surface area (TPSA) is 90.0 Å². The van der Waals surface area contributed by atoms with E-state index < -0.39 is 0 Å². The maximum Gasteiger partial charge on any atom is 0.345 e. The fourth-order valence-corrected chi connectivity index (χ4v) is 3.68. The Hall–Kier alpha value is -3.20. The third kappa shape index (κ3) is 4.35. The minimum Gasteiger partial charge on any atom is -0.349 e. The Morgan fingerprint density at radius 2 is 2.03 bits per heavy atom. The van der Waals surface area contributed by atoms with Gasteiger partial charge in [-0.05, 0) is 51.2 Å². The number of amides is 1. The number of benzene rings is 1. The van der Waals surface area contributed by atoms with Gasteiger partial charge in [0.05, 0.1) is 12.9 Å². The van der Waals surface area contributed by atoms with Crippen LogP contribution in [0, 0.1) is 0 Å². The van der Waals surface area contributed by atoms with E-state index in [9.17, 15) is 9.59 Å². The third-order valence-electron chi connectivity index (χ3n) is 5.44. The molecule has 9 nitrogen and oxygen atoms in total. The van der Waals surface area contributed by atoms with Gasteiger partial charge in [-0.3, -0.25) is 9.36 Å². The smallest absolute Gasteiger partial charge is 0.345 e. The van der Waals surface area contributed by atoms with Gasteiger partial charge in [-0.1, -0.05) is 0 Å². The van der Waals surface area contributed by atoms with Crippen molar-refractivity contribution in [2.24, 2.45) is 0 Å². The summed E-state index contributed by atoms with van der Waals surface area (Å²) in [5, 5.41) is 7.62. The fraction of sp³-hybridized carbons (Fsp3) is 0.429. The van der Waals surface area contributed by atoms with Crippen LogP contribution in [-0.2, 0) is 19.5 Å². The summed E-state index contributed by atoms with van der Waals surface area (Å²) < 4.78 is 5.19. The van der Waals surface area contributed by atoms with Crippen molar-refractivity contribution >= 4 is 5.91 Å². The van der Waals surface area contributed by atoms with Crippen LogP contribution in [-0.4, -0.2) is 61.4 Å². The molecule has 30 heavy (non-hydrogen) atoms. The Morgan fingerprint density at radius 3 is 2.73 bits per heavy atom. The van der Waals surface area contributed by atoms with Crippen LogP contribution < -0.4 is 11.0 Å². The van der Waals surface area contributed by atoms with Gasteiger partial charge < -0.3 is 14.8 Å². The number of rotatable bonds is 6. The van der Waals surface area contributed by atoms with Crippen molar-refractivity contribution < 1.29 is 4.79 Å². The van der Waals surface area contributed by atoms with Crippen LogP contribution in [0.3, 0.4) is 0 Å². The van der Waals surface area contributed by atoms with Crippen LogP contribution in [0.25, 0.3) is 5.69 Å². The Kier molecular flexibility index (Phi) is 5.80. The molecular formula is C21H27N7O2. The van der Waals surface area contributed by atoms with Gasteiger partial charge >= 0.3 is 5.69 Å². The molecule has 1 N–H and O–H groups in total. The number of aryl methyl sites for hydroxylation is 1. The van der Waals surface area contributed by atoms with Crippen LogP contribution in [0.15, 0.2) is 47.8 Å². The molecule has 0 saturated heterocycles. The lowest BCUT2D eigenvalue weighted by Gasteiger charge is -2.16. The van der Waals surface area contributed by atoms with Crippen LogP contribution in [0.5, 0.6) is 0 Å². The minimum absolute atomic E-state index is 0.0159. The molecule has 9 heteroatoms. The lowest BCUT2D eigenvalue weighted by molar-refractivity contribution is 0.0933. The molecule has 158 valence electrons. The van der Waals surface area contributed by atoms with Crippen molar-refractivity contribution in [2.75, 3.05) is 20.6 Å². The van der Waals surface area contributed by atoms with Crippen LogP contribution in [0.1, 0.15) is 29.0 Å². The number of nitrogens with zero attached hydrogens (tertiary/aromatic N) is 6. The predicted octanol–water partition coefficient (Wildman–Crippen LogP) is 0.927. The van der Waals surface area contributed by atoms with Gasteiger partial charge in [0.1, 0.15) is 5.82 Å². The zero-order valence-electron chi connectivity index (χ0n) is 17.4. The Bertz CT molecular complexity index is 1050. The number of nitrogens with one attached hydrogen (secondary N) is 1. The largest absolute Gasteiger partial charge is 0.349 e. The fourth-order valence-electron chi connectivity index (χ4n) is 3.68. The minimum atomic E-state index is -0.0971. The molecule has 0 radical (unpaired) electrons. The number of hydrogen-bond donors (Lipinski definition) is 1. The molecule has 0 fully saturated rings.